The number of rotatable bonds is 7. The Hall–Kier alpha value is -7.41. The van der Waals surface area contributed by atoms with Crippen molar-refractivity contribution < 1.29 is 48.0 Å². The van der Waals surface area contributed by atoms with Gasteiger partial charge in [0.15, 0.2) is 13.9 Å². The quantitative estimate of drug-likeness (QED) is 0.120. The van der Waals surface area contributed by atoms with Crippen LogP contribution in [0.25, 0.3) is 66.9 Å². The number of nitrogens with zero attached hydrogens (tertiary/aromatic N) is 5. The van der Waals surface area contributed by atoms with Gasteiger partial charge in [-0.1, -0.05) is 187 Å². The second kappa shape index (κ2) is 13.4. The van der Waals surface area contributed by atoms with Crippen LogP contribution < -0.4 is 20.7 Å². The maximum Gasteiger partial charge on any atom is 0.240 e. The molecule has 0 atom stereocenters. The zero-order valence-corrected chi connectivity index (χ0v) is 29.2. The molecule has 3 aromatic heterocycles. The first-order valence-electron chi connectivity index (χ1n) is 33.9. The van der Waals surface area contributed by atoms with Crippen LogP contribution in [0.1, 0.15) is 48.0 Å². The molecule has 57 heavy (non-hydrogen) atoms. The number of para-hydroxylation sites is 4. The minimum Gasteiger partial charge on any atom is -0.278 e. The molecule has 0 bridgehead atoms. The van der Waals surface area contributed by atoms with Crippen molar-refractivity contribution in [3.63, 3.8) is 0 Å². The van der Waals surface area contributed by atoms with E-state index in [1.54, 1.807) is 0 Å². The van der Waals surface area contributed by atoms with Crippen molar-refractivity contribution in [1.82, 2.24) is 24.1 Å². The van der Waals surface area contributed by atoms with Gasteiger partial charge in [-0.3, -0.25) is 9.13 Å². The molecular formula is C51H35N5Si. The molecule has 0 amide bonds. The van der Waals surface area contributed by atoms with E-state index in [0.29, 0.717) is 9.13 Å². The maximum absolute atomic E-state index is 10.2. The van der Waals surface area contributed by atoms with Crippen LogP contribution in [0.5, 0.6) is 0 Å². The Balaban J connectivity index is 1.44. The molecule has 0 spiro atoms. The molecule has 0 N–H and O–H groups in total. The fourth-order valence-corrected chi connectivity index (χ4v) is 10.1. The minimum atomic E-state index is -6.48. The van der Waals surface area contributed by atoms with Gasteiger partial charge in [-0.05, 0) is 44.9 Å². The van der Waals surface area contributed by atoms with E-state index in [9.17, 15) is 19.2 Å². The molecule has 8 aromatic carbocycles. The molecule has 0 saturated carbocycles. The van der Waals surface area contributed by atoms with Crippen LogP contribution in [0.3, 0.4) is 0 Å². The second-order valence-electron chi connectivity index (χ2n) is 11.8. The average molecular weight is 781 g/mol. The fraction of sp³-hybridized carbons (Fsp3) is 0. The lowest BCUT2D eigenvalue weighted by atomic mass is 10.2. The Morgan fingerprint density at radius 3 is 0.965 bits per heavy atom. The van der Waals surface area contributed by atoms with Crippen LogP contribution in [-0.2, 0) is 0 Å². The summed E-state index contributed by atoms with van der Waals surface area (Å²) < 4.78 is 321. The third-order valence-corrected chi connectivity index (χ3v) is 12.9. The van der Waals surface area contributed by atoms with E-state index in [0.717, 1.165) is 0 Å². The SMILES string of the molecule is [2H]c1c([2H])c([2H])c([Si](c2c([2H])c([2H])c([2H])c([2H])c2[2H])(c2c([2H])c([2H])c([2H])c([2H])c2[2H])c2c([2H])c([2H])c(-c3nc(-n4c5c([2H])c([2H])c([2H])c([2H])c5c5c([2H])c([2H])c([2H])c([2H])c54)nc(-n4c5c([2H])c([2H])c([2H])c([2H])c5c5c([2H])c([2H])c([2H])c([2H])c54)n3)c([2H])c2[2H])c([2H])c1[2H]. The molecule has 6 heteroatoms. The van der Waals surface area contributed by atoms with Crippen molar-refractivity contribution in [2.24, 2.45) is 0 Å². The standard InChI is InChI=1S/C51H35N5Si/c1-4-18-37(19-5-1)57(38-20-6-2-7-21-38,39-22-8-3-9-23-39)40-34-32-36(33-35-40)49-52-50(55-45-28-14-10-24-41(45)42-25-11-15-29-46(42)55)54-51(53-49)56-47-30-16-12-26-43(47)44-27-13-17-31-48(44)56/h1-35H/i1D,2D,3D,4D,5D,6D,7D,8D,9D,10D,11D,12D,13D,14D,15D,16D,17D,18D,19D,20D,21D,22D,23D,24D,25D,26D,27D,28D,29D,30D,31D,32D,33D,34D,35D. The normalized spacial score (nSPS) is 20.5. The van der Waals surface area contributed by atoms with E-state index < -0.39 is 307 Å². The monoisotopic (exact) mass is 780 g/mol. The summed E-state index contributed by atoms with van der Waals surface area (Å²) >= 11 is 0. The van der Waals surface area contributed by atoms with Gasteiger partial charge < -0.3 is 0 Å². The highest BCUT2D eigenvalue weighted by Gasteiger charge is 2.41. The topological polar surface area (TPSA) is 48.5 Å². The van der Waals surface area contributed by atoms with Gasteiger partial charge in [0.25, 0.3) is 0 Å². The van der Waals surface area contributed by atoms with Crippen LogP contribution in [0, 0.1) is 0 Å². The summed E-state index contributed by atoms with van der Waals surface area (Å²) in [6.45, 7) is 0. The number of aromatic nitrogens is 5. The molecule has 0 aliphatic rings. The van der Waals surface area contributed by atoms with Gasteiger partial charge in [0, 0.05) is 27.1 Å². The molecule has 5 nitrogen and oxygen atoms in total. The van der Waals surface area contributed by atoms with Gasteiger partial charge in [-0.2, -0.15) is 15.0 Å². The number of fused-ring (bicyclic) bond motifs is 6. The molecule has 11 aromatic rings. The van der Waals surface area contributed by atoms with E-state index >= 15 is 0 Å². The summed E-state index contributed by atoms with van der Waals surface area (Å²) in [7, 11) is -6.48. The summed E-state index contributed by atoms with van der Waals surface area (Å²) in [6, 6.07) is -39.7. The van der Waals surface area contributed by atoms with Crippen LogP contribution in [-0.4, -0.2) is 32.2 Å². The van der Waals surface area contributed by atoms with Gasteiger partial charge >= 0.3 is 0 Å². The first-order valence-corrected chi connectivity index (χ1v) is 18.4. The predicted octanol–water partition coefficient (Wildman–Crippen LogP) is 9.11. The van der Waals surface area contributed by atoms with Crippen LogP contribution in [0.15, 0.2) is 211 Å². The Morgan fingerprint density at radius 1 is 0.316 bits per heavy atom. The minimum absolute atomic E-state index is 0.593. The lowest BCUT2D eigenvalue weighted by Gasteiger charge is -2.34. The van der Waals surface area contributed by atoms with Crippen LogP contribution in [0.2, 0.25) is 0 Å². The maximum atomic E-state index is 10.2. The molecule has 3 heterocycles. The smallest absolute Gasteiger partial charge is 0.240 e. The van der Waals surface area contributed by atoms with Crippen molar-refractivity contribution in [2.45, 2.75) is 0 Å². The van der Waals surface area contributed by atoms with Crippen molar-refractivity contribution in [1.29, 1.82) is 0 Å². The Kier molecular flexibility index (Phi) is 3.08. The van der Waals surface area contributed by atoms with Crippen LogP contribution >= 0.6 is 0 Å². The van der Waals surface area contributed by atoms with Crippen LogP contribution in [0.4, 0.5) is 0 Å². The second-order valence-corrected chi connectivity index (χ2v) is 15.3. The van der Waals surface area contributed by atoms with Crippen molar-refractivity contribution in [2.75, 3.05) is 0 Å². The third-order valence-electron chi connectivity index (χ3n) is 8.93. The molecule has 0 fully saturated rings. The molecular weight excluding hydrogens is 711 g/mol. The lowest BCUT2D eigenvalue weighted by molar-refractivity contribution is 0.893. The van der Waals surface area contributed by atoms with E-state index in [-0.39, 0.29) is 0 Å². The number of hydrogen-bond donors (Lipinski definition) is 0. The van der Waals surface area contributed by atoms with Gasteiger partial charge in [0.05, 0.1) is 70.0 Å². The first kappa shape index (κ1) is 13.1. The lowest BCUT2D eigenvalue weighted by Crippen LogP contribution is -2.74. The number of hydrogen-bond acceptors (Lipinski definition) is 3. The van der Waals surface area contributed by atoms with Gasteiger partial charge in [-0.15, -0.1) is 0 Å². The predicted molar refractivity (Wildman–Crippen MR) is 238 cm³/mol. The fourth-order valence-electron chi connectivity index (χ4n) is 6.58. The zero-order valence-electron chi connectivity index (χ0n) is 63.2. The average Bonchev–Trinajstić information content (AvgIpc) is 0.760. The summed E-state index contributed by atoms with van der Waals surface area (Å²) in [6.07, 6.45) is 0. The molecule has 0 aliphatic carbocycles. The highest BCUT2D eigenvalue weighted by Crippen LogP contribution is 2.34. The first-order chi connectivity index (χ1) is 42.8. The van der Waals surface area contributed by atoms with E-state index in [2.05, 4.69) is 15.0 Å². The molecule has 0 radical (unpaired) electrons. The third kappa shape index (κ3) is 5.19. The summed E-state index contributed by atoms with van der Waals surface area (Å²) in [5.74, 6) is -3.28. The van der Waals surface area contributed by atoms with E-state index in [4.69, 9.17) is 28.8 Å². The Morgan fingerprint density at radius 2 is 0.614 bits per heavy atom. The Labute approximate surface area is 380 Å². The Bertz CT molecular complexity index is 4700. The summed E-state index contributed by atoms with van der Waals surface area (Å²) in [5.41, 5.74) is -4.02. The molecule has 0 aliphatic heterocycles. The zero-order chi connectivity index (χ0) is 68.2. The van der Waals surface area contributed by atoms with Gasteiger partial charge in [0.1, 0.15) is 0 Å². The summed E-state index contributed by atoms with van der Waals surface area (Å²) in [5, 5.41) is -7.28. The van der Waals surface area contributed by atoms with Gasteiger partial charge in [0.2, 0.25) is 11.9 Å². The highest BCUT2D eigenvalue weighted by molar-refractivity contribution is 7.19. The van der Waals surface area contributed by atoms with Crippen molar-refractivity contribution in [3.05, 3.63) is 211 Å². The molecule has 0 unspecified atom stereocenters. The van der Waals surface area contributed by atoms with Gasteiger partial charge in [-0.25, -0.2) is 0 Å². The number of benzene rings is 8. The molecule has 11 rings (SSSR count). The summed E-state index contributed by atoms with van der Waals surface area (Å²) in [4.78, 5) is 13.5. The van der Waals surface area contributed by atoms with E-state index in [1.165, 1.54) is 0 Å². The van der Waals surface area contributed by atoms with E-state index in [1.807, 2.05) is 0 Å². The van der Waals surface area contributed by atoms with Crippen molar-refractivity contribution >= 4 is 72.4 Å². The van der Waals surface area contributed by atoms with Crippen molar-refractivity contribution in [3.8, 4) is 23.3 Å². The highest BCUT2D eigenvalue weighted by atomic mass is 28.3. The molecule has 0 saturated heterocycles. The molecule has 268 valence electrons. The largest absolute Gasteiger partial charge is 0.278 e.